The molecule has 138 valence electrons. The first-order valence-electron chi connectivity index (χ1n) is 9.05. The molecule has 0 radical (unpaired) electrons. The van der Waals surface area contributed by atoms with E-state index in [1.54, 1.807) is 18.5 Å². The SMILES string of the molecule is OC(c1ncc[nH]1)C1CCN(c2ncnc3[nH]c4cc(F)ccc4c23)CC1. The highest BCUT2D eigenvalue weighted by Crippen LogP contribution is 2.35. The summed E-state index contributed by atoms with van der Waals surface area (Å²) in [5.74, 6) is 1.35. The van der Waals surface area contributed by atoms with E-state index in [0.29, 0.717) is 11.5 Å². The predicted octanol–water partition coefficient (Wildman–Crippen LogP) is 2.92. The second-order valence-electron chi connectivity index (χ2n) is 6.98. The standard InChI is InChI=1S/C19H19FN6O/c20-12-1-2-13-14(9-12)25-17-15(13)19(24-10-23-17)26-7-3-11(4-8-26)16(27)18-21-5-6-22-18/h1-2,5-6,9-11,16,27H,3-4,7-8H2,(H,21,22)(H,23,24,25). The zero-order chi connectivity index (χ0) is 18.4. The first-order chi connectivity index (χ1) is 13.2. The molecule has 3 aromatic heterocycles. The molecular formula is C19H19FN6O. The number of aromatic amines is 2. The molecule has 4 heterocycles. The molecule has 1 atom stereocenters. The number of piperidine rings is 1. The lowest BCUT2D eigenvalue weighted by atomic mass is 9.90. The summed E-state index contributed by atoms with van der Waals surface area (Å²) in [6.07, 6.45) is 6.02. The third-order valence-electron chi connectivity index (χ3n) is 5.42. The highest BCUT2D eigenvalue weighted by Gasteiger charge is 2.29. The van der Waals surface area contributed by atoms with Crippen LogP contribution in [0.15, 0.2) is 36.9 Å². The molecule has 0 bridgehead atoms. The van der Waals surface area contributed by atoms with E-state index in [2.05, 4.69) is 29.8 Å². The second kappa shape index (κ2) is 6.31. The Morgan fingerprint density at radius 2 is 2.04 bits per heavy atom. The Balaban J connectivity index is 1.44. The number of aliphatic hydroxyl groups is 1. The van der Waals surface area contributed by atoms with Crippen LogP contribution < -0.4 is 4.90 Å². The number of benzene rings is 1. The van der Waals surface area contributed by atoms with Crippen LogP contribution in [0.25, 0.3) is 21.9 Å². The van der Waals surface area contributed by atoms with Gasteiger partial charge >= 0.3 is 0 Å². The highest BCUT2D eigenvalue weighted by molar-refractivity contribution is 6.11. The number of nitrogens with one attached hydrogen (secondary N) is 2. The van der Waals surface area contributed by atoms with Crippen LogP contribution in [-0.4, -0.2) is 43.1 Å². The third kappa shape index (κ3) is 2.73. The van der Waals surface area contributed by atoms with Crippen molar-refractivity contribution in [2.45, 2.75) is 18.9 Å². The summed E-state index contributed by atoms with van der Waals surface area (Å²) in [6.45, 7) is 1.56. The largest absolute Gasteiger partial charge is 0.385 e. The van der Waals surface area contributed by atoms with Crippen molar-refractivity contribution in [3.8, 4) is 0 Å². The quantitative estimate of drug-likeness (QED) is 0.518. The summed E-state index contributed by atoms with van der Waals surface area (Å²) >= 11 is 0. The average molecular weight is 366 g/mol. The fourth-order valence-corrected chi connectivity index (χ4v) is 4.01. The van der Waals surface area contributed by atoms with Crippen molar-refractivity contribution in [1.82, 2.24) is 24.9 Å². The molecule has 1 unspecified atom stereocenters. The first-order valence-corrected chi connectivity index (χ1v) is 9.05. The van der Waals surface area contributed by atoms with Crippen molar-refractivity contribution < 1.29 is 9.50 Å². The molecule has 0 spiro atoms. The van der Waals surface area contributed by atoms with Gasteiger partial charge in [0.05, 0.1) is 10.9 Å². The summed E-state index contributed by atoms with van der Waals surface area (Å²) in [6, 6.07) is 4.70. The van der Waals surface area contributed by atoms with Gasteiger partial charge in [-0.1, -0.05) is 0 Å². The molecule has 3 N–H and O–H groups in total. The molecule has 4 aromatic rings. The summed E-state index contributed by atoms with van der Waals surface area (Å²) < 4.78 is 13.6. The number of anilines is 1. The lowest BCUT2D eigenvalue weighted by molar-refractivity contribution is 0.0856. The van der Waals surface area contributed by atoms with Crippen LogP contribution in [-0.2, 0) is 0 Å². The number of aromatic nitrogens is 5. The van der Waals surface area contributed by atoms with Gasteiger partial charge in [-0.15, -0.1) is 0 Å². The molecule has 1 aromatic carbocycles. The maximum atomic E-state index is 13.6. The van der Waals surface area contributed by atoms with E-state index in [4.69, 9.17) is 0 Å². The highest BCUT2D eigenvalue weighted by atomic mass is 19.1. The minimum atomic E-state index is -0.580. The van der Waals surface area contributed by atoms with Gasteiger partial charge in [-0.25, -0.2) is 19.3 Å². The summed E-state index contributed by atoms with van der Waals surface area (Å²) in [4.78, 5) is 21.4. The second-order valence-corrected chi connectivity index (χ2v) is 6.98. The maximum Gasteiger partial charge on any atom is 0.143 e. The number of halogens is 1. The van der Waals surface area contributed by atoms with Gasteiger partial charge in [0.15, 0.2) is 0 Å². The van der Waals surface area contributed by atoms with E-state index in [0.717, 1.165) is 48.0 Å². The Morgan fingerprint density at radius 1 is 1.19 bits per heavy atom. The lowest BCUT2D eigenvalue weighted by Crippen LogP contribution is -2.36. The minimum Gasteiger partial charge on any atom is -0.385 e. The average Bonchev–Trinajstić information content (AvgIpc) is 3.34. The first kappa shape index (κ1) is 16.2. The number of nitrogens with zero attached hydrogens (tertiary/aromatic N) is 4. The predicted molar refractivity (Wildman–Crippen MR) is 99.8 cm³/mol. The normalized spacial score (nSPS) is 17.0. The van der Waals surface area contributed by atoms with Gasteiger partial charge in [-0.05, 0) is 37.0 Å². The Labute approximate surface area is 154 Å². The molecule has 27 heavy (non-hydrogen) atoms. The Bertz CT molecular complexity index is 1080. The number of imidazole rings is 1. The molecule has 0 aliphatic carbocycles. The number of fused-ring (bicyclic) bond motifs is 3. The molecule has 1 saturated heterocycles. The van der Waals surface area contributed by atoms with Crippen molar-refractivity contribution in [3.63, 3.8) is 0 Å². The molecule has 0 amide bonds. The number of aliphatic hydroxyl groups excluding tert-OH is 1. The van der Waals surface area contributed by atoms with Crippen molar-refractivity contribution >= 4 is 27.8 Å². The van der Waals surface area contributed by atoms with E-state index >= 15 is 0 Å². The van der Waals surface area contributed by atoms with Crippen LogP contribution >= 0.6 is 0 Å². The van der Waals surface area contributed by atoms with Crippen molar-refractivity contribution in [2.75, 3.05) is 18.0 Å². The summed E-state index contributed by atoms with van der Waals surface area (Å²) in [5.41, 5.74) is 1.42. The fraction of sp³-hybridized carbons (Fsp3) is 0.316. The summed E-state index contributed by atoms with van der Waals surface area (Å²) in [7, 11) is 0. The van der Waals surface area contributed by atoms with E-state index in [9.17, 15) is 9.50 Å². The van der Waals surface area contributed by atoms with E-state index in [-0.39, 0.29) is 11.7 Å². The van der Waals surface area contributed by atoms with Crippen LogP contribution in [0.4, 0.5) is 10.2 Å². The number of hydrogen-bond acceptors (Lipinski definition) is 5. The maximum absolute atomic E-state index is 13.6. The van der Waals surface area contributed by atoms with Gasteiger partial charge in [-0.2, -0.15) is 0 Å². The molecule has 7 nitrogen and oxygen atoms in total. The zero-order valence-corrected chi connectivity index (χ0v) is 14.6. The molecule has 1 aliphatic heterocycles. The monoisotopic (exact) mass is 366 g/mol. The van der Waals surface area contributed by atoms with E-state index < -0.39 is 6.10 Å². The molecule has 1 aliphatic rings. The van der Waals surface area contributed by atoms with Gasteiger partial charge in [0, 0.05) is 30.9 Å². The smallest absolute Gasteiger partial charge is 0.143 e. The molecule has 1 fully saturated rings. The minimum absolute atomic E-state index is 0.154. The van der Waals surface area contributed by atoms with Crippen LogP contribution in [0.1, 0.15) is 24.8 Å². The van der Waals surface area contributed by atoms with Gasteiger partial charge < -0.3 is 20.0 Å². The van der Waals surface area contributed by atoms with Gasteiger partial charge in [0.2, 0.25) is 0 Å². The molecule has 0 saturated carbocycles. The third-order valence-corrected chi connectivity index (χ3v) is 5.42. The zero-order valence-electron chi connectivity index (χ0n) is 14.6. The van der Waals surface area contributed by atoms with Crippen molar-refractivity contribution in [2.24, 2.45) is 5.92 Å². The van der Waals surface area contributed by atoms with E-state index in [1.165, 1.54) is 18.5 Å². The van der Waals surface area contributed by atoms with Gasteiger partial charge in [0.1, 0.15) is 35.5 Å². The van der Waals surface area contributed by atoms with Crippen LogP contribution in [0.3, 0.4) is 0 Å². The van der Waals surface area contributed by atoms with Crippen LogP contribution in [0, 0.1) is 11.7 Å². The topological polar surface area (TPSA) is 93.7 Å². The number of hydrogen-bond donors (Lipinski definition) is 3. The van der Waals surface area contributed by atoms with E-state index in [1.807, 2.05) is 0 Å². The Morgan fingerprint density at radius 3 is 2.81 bits per heavy atom. The summed E-state index contributed by atoms with van der Waals surface area (Å²) in [5, 5.41) is 12.3. The van der Waals surface area contributed by atoms with Crippen molar-refractivity contribution in [1.29, 1.82) is 0 Å². The lowest BCUT2D eigenvalue weighted by Gasteiger charge is -2.34. The Hall–Kier alpha value is -3.00. The van der Waals surface area contributed by atoms with Crippen LogP contribution in [0.2, 0.25) is 0 Å². The van der Waals surface area contributed by atoms with Crippen LogP contribution in [0.5, 0.6) is 0 Å². The van der Waals surface area contributed by atoms with Crippen molar-refractivity contribution in [3.05, 3.63) is 48.6 Å². The van der Waals surface area contributed by atoms with Gasteiger partial charge in [-0.3, -0.25) is 0 Å². The Kier molecular flexibility index (Phi) is 3.78. The van der Waals surface area contributed by atoms with Gasteiger partial charge in [0.25, 0.3) is 0 Å². The molecule has 5 rings (SSSR count). The number of H-pyrrole nitrogens is 2. The fourth-order valence-electron chi connectivity index (χ4n) is 4.01. The molecular weight excluding hydrogens is 347 g/mol. The number of rotatable bonds is 3. The molecule has 8 heteroatoms.